The lowest BCUT2D eigenvalue weighted by Gasteiger charge is -2.39. The van der Waals surface area contributed by atoms with Crippen molar-refractivity contribution in [3.05, 3.63) is 35.4 Å². The van der Waals surface area contributed by atoms with Gasteiger partial charge in [0.2, 0.25) is 0 Å². The summed E-state index contributed by atoms with van der Waals surface area (Å²) in [5.74, 6) is 1.48. The first-order valence-corrected chi connectivity index (χ1v) is 10.0. The van der Waals surface area contributed by atoms with E-state index in [0.29, 0.717) is 24.2 Å². The van der Waals surface area contributed by atoms with Gasteiger partial charge in [0.1, 0.15) is 0 Å². The fraction of sp³-hybridized carbons (Fsp3) is 0.526. The molecule has 0 unspecified atom stereocenters. The van der Waals surface area contributed by atoms with E-state index in [4.69, 9.17) is 0 Å². The van der Waals surface area contributed by atoms with Crippen LogP contribution in [0.25, 0.3) is 0 Å². The molecule has 0 aliphatic carbocycles. The van der Waals surface area contributed by atoms with Gasteiger partial charge in [-0.15, -0.1) is 0 Å². The Labute approximate surface area is 159 Å². The Hall–Kier alpha value is -2.02. The predicted molar refractivity (Wildman–Crippen MR) is 106 cm³/mol. The van der Waals surface area contributed by atoms with Gasteiger partial charge in [0.25, 0.3) is 11.8 Å². The quantitative estimate of drug-likeness (QED) is 0.497. The van der Waals surface area contributed by atoms with Crippen LogP contribution in [0.2, 0.25) is 0 Å². The van der Waals surface area contributed by atoms with Gasteiger partial charge >= 0.3 is 0 Å². The van der Waals surface area contributed by atoms with E-state index in [-0.39, 0.29) is 16.6 Å². The molecule has 1 aromatic rings. The topological polar surface area (TPSA) is 65.0 Å². The number of imide groups is 1. The van der Waals surface area contributed by atoms with Crippen LogP contribution in [0.3, 0.4) is 0 Å². The third-order valence-electron chi connectivity index (χ3n) is 4.52. The van der Waals surface area contributed by atoms with Crippen molar-refractivity contribution in [1.29, 1.82) is 0 Å². The number of guanidine groups is 1. The van der Waals surface area contributed by atoms with E-state index < -0.39 is 0 Å². The lowest BCUT2D eigenvalue weighted by Crippen LogP contribution is -2.51. The fourth-order valence-electron chi connectivity index (χ4n) is 3.32. The van der Waals surface area contributed by atoms with Gasteiger partial charge in [0, 0.05) is 36.7 Å². The van der Waals surface area contributed by atoms with Gasteiger partial charge in [-0.05, 0) is 32.9 Å². The van der Waals surface area contributed by atoms with Gasteiger partial charge in [-0.2, -0.15) is 11.8 Å². The third kappa shape index (κ3) is 3.87. The van der Waals surface area contributed by atoms with Gasteiger partial charge in [-0.25, -0.2) is 0 Å². The molecule has 6 nitrogen and oxygen atoms in total. The van der Waals surface area contributed by atoms with Gasteiger partial charge in [0.05, 0.1) is 17.7 Å². The van der Waals surface area contributed by atoms with Crippen LogP contribution in [0.15, 0.2) is 29.3 Å². The van der Waals surface area contributed by atoms with Crippen molar-refractivity contribution >= 4 is 29.5 Å². The van der Waals surface area contributed by atoms with E-state index in [2.05, 4.69) is 29.1 Å². The normalized spacial score (nSPS) is 19.7. The Bertz CT molecular complexity index is 697. The molecule has 0 bridgehead atoms. The highest BCUT2D eigenvalue weighted by molar-refractivity contribution is 8.00. The van der Waals surface area contributed by atoms with Crippen LogP contribution in [-0.2, 0) is 0 Å². The largest absolute Gasteiger partial charge is 0.357 e. The van der Waals surface area contributed by atoms with Crippen molar-refractivity contribution in [3.8, 4) is 0 Å². The maximum atomic E-state index is 12.4. The Morgan fingerprint density at radius 3 is 2.46 bits per heavy atom. The molecule has 1 saturated heterocycles. The van der Waals surface area contributed by atoms with E-state index in [1.54, 1.807) is 24.3 Å². The molecule has 0 aromatic heterocycles. The molecule has 2 aliphatic rings. The van der Waals surface area contributed by atoms with Crippen LogP contribution < -0.4 is 5.32 Å². The minimum Gasteiger partial charge on any atom is -0.357 e. The van der Waals surface area contributed by atoms with E-state index in [9.17, 15) is 9.59 Å². The number of fused-ring (bicyclic) bond motifs is 1. The number of nitrogens with zero attached hydrogens (tertiary/aromatic N) is 3. The summed E-state index contributed by atoms with van der Waals surface area (Å²) in [7, 11) is 0. The maximum absolute atomic E-state index is 12.4. The summed E-state index contributed by atoms with van der Waals surface area (Å²) < 4.78 is 0.191. The van der Waals surface area contributed by atoms with Gasteiger partial charge < -0.3 is 10.2 Å². The van der Waals surface area contributed by atoms with E-state index >= 15 is 0 Å². The molecule has 26 heavy (non-hydrogen) atoms. The first kappa shape index (κ1) is 18.8. The van der Waals surface area contributed by atoms with Crippen molar-refractivity contribution < 1.29 is 9.59 Å². The first-order chi connectivity index (χ1) is 12.4. The summed E-state index contributed by atoms with van der Waals surface area (Å²) in [5, 5.41) is 3.33. The number of carbonyl (C=O) groups excluding carboxylic acids is 2. The van der Waals surface area contributed by atoms with E-state index in [0.717, 1.165) is 31.3 Å². The molecule has 7 heteroatoms. The smallest absolute Gasteiger partial charge is 0.261 e. The van der Waals surface area contributed by atoms with Crippen molar-refractivity contribution in [2.45, 2.75) is 25.5 Å². The molecule has 1 N–H and O–H groups in total. The minimum atomic E-state index is -0.221. The zero-order valence-electron chi connectivity index (χ0n) is 15.6. The summed E-state index contributed by atoms with van der Waals surface area (Å²) in [6.07, 6.45) is 0. The van der Waals surface area contributed by atoms with Crippen LogP contribution in [0.4, 0.5) is 0 Å². The number of aliphatic imine (C=N–C) groups is 1. The standard InChI is InChI=1S/C19H26N4O2S/c1-4-20-18(22-11-12-26-19(2,3)13-22)21-9-10-23-16(24)14-7-5-6-8-15(14)17(23)25/h5-8H,4,9-13H2,1-3H3,(H,20,21). The number of nitrogens with one attached hydrogen (secondary N) is 1. The molecule has 3 rings (SSSR count). The Morgan fingerprint density at radius 1 is 1.23 bits per heavy atom. The number of thioether (sulfide) groups is 1. The molecule has 1 fully saturated rings. The molecule has 2 heterocycles. The molecule has 0 saturated carbocycles. The molecule has 1 aromatic carbocycles. The van der Waals surface area contributed by atoms with Crippen molar-refractivity contribution in [2.75, 3.05) is 38.5 Å². The SMILES string of the molecule is CCNC(=NCCN1C(=O)c2ccccc2C1=O)N1CCSC(C)(C)C1. The summed E-state index contributed by atoms with van der Waals surface area (Å²) in [5.41, 5.74) is 0.978. The molecule has 2 amide bonds. The Morgan fingerprint density at radius 2 is 1.88 bits per heavy atom. The highest BCUT2D eigenvalue weighted by Crippen LogP contribution is 2.29. The molecule has 0 radical (unpaired) electrons. The monoisotopic (exact) mass is 374 g/mol. The molecular formula is C19H26N4O2S. The van der Waals surface area contributed by atoms with Crippen LogP contribution in [-0.4, -0.2) is 70.8 Å². The summed E-state index contributed by atoms with van der Waals surface area (Å²) in [4.78, 5) is 33.1. The number of hydrogen-bond acceptors (Lipinski definition) is 4. The van der Waals surface area contributed by atoms with Crippen molar-refractivity contribution in [3.63, 3.8) is 0 Å². The molecular weight excluding hydrogens is 348 g/mol. The second-order valence-electron chi connectivity index (χ2n) is 7.07. The van der Waals surface area contributed by atoms with E-state index in [1.807, 2.05) is 18.7 Å². The first-order valence-electron chi connectivity index (χ1n) is 9.05. The predicted octanol–water partition coefficient (Wildman–Crippen LogP) is 2.08. The number of carbonyl (C=O) groups is 2. The average molecular weight is 375 g/mol. The van der Waals surface area contributed by atoms with Crippen LogP contribution in [0, 0.1) is 0 Å². The maximum Gasteiger partial charge on any atom is 0.261 e. The molecule has 0 atom stereocenters. The van der Waals surface area contributed by atoms with Crippen molar-refractivity contribution in [2.24, 2.45) is 4.99 Å². The molecule has 140 valence electrons. The highest BCUT2D eigenvalue weighted by Gasteiger charge is 2.34. The molecule has 2 aliphatic heterocycles. The van der Waals surface area contributed by atoms with Gasteiger partial charge in [-0.1, -0.05) is 12.1 Å². The van der Waals surface area contributed by atoms with Crippen LogP contribution in [0.5, 0.6) is 0 Å². The van der Waals surface area contributed by atoms with Gasteiger partial charge in [-0.3, -0.25) is 19.5 Å². The highest BCUT2D eigenvalue weighted by atomic mass is 32.2. The minimum absolute atomic E-state index is 0.191. The average Bonchev–Trinajstić information content (AvgIpc) is 2.85. The Balaban J connectivity index is 1.66. The van der Waals surface area contributed by atoms with E-state index in [1.165, 1.54) is 4.90 Å². The number of hydrogen-bond donors (Lipinski definition) is 1. The zero-order chi connectivity index (χ0) is 18.7. The lowest BCUT2D eigenvalue weighted by molar-refractivity contribution is 0.0659. The summed E-state index contributed by atoms with van der Waals surface area (Å²) in [6, 6.07) is 6.98. The second kappa shape index (κ2) is 7.70. The van der Waals surface area contributed by atoms with Crippen LogP contribution in [0.1, 0.15) is 41.5 Å². The number of amides is 2. The van der Waals surface area contributed by atoms with Crippen molar-refractivity contribution in [1.82, 2.24) is 15.1 Å². The zero-order valence-corrected chi connectivity index (χ0v) is 16.4. The Kier molecular flexibility index (Phi) is 5.55. The van der Waals surface area contributed by atoms with Gasteiger partial charge in [0.15, 0.2) is 5.96 Å². The fourth-order valence-corrected chi connectivity index (χ4v) is 4.43. The van der Waals surface area contributed by atoms with Crippen LogP contribution >= 0.6 is 11.8 Å². The second-order valence-corrected chi connectivity index (χ2v) is 8.87. The summed E-state index contributed by atoms with van der Waals surface area (Å²) >= 11 is 1.98. The third-order valence-corrected chi connectivity index (χ3v) is 5.82. The number of rotatable bonds is 4. The lowest BCUT2D eigenvalue weighted by atomic mass is 10.1. The molecule has 0 spiro atoms. The summed E-state index contributed by atoms with van der Waals surface area (Å²) in [6.45, 7) is 9.90. The number of benzene rings is 1.